The molecule has 0 atom stereocenters. The smallest absolute Gasteiger partial charge is 0.310 e. The first kappa shape index (κ1) is 13.0. The van der Waals surface area contributed by atoms with Crippen molar-refractivity contribution in [1.29, 1.82) is 0 Å². The average Bonchev–Trinajstić information content (AvgIpc) is 2.26. The lowest BCUT2D eigenvalue weighted by molar-refractivity contribution is -0.154. The lowest BCUT2D eigenvalue weighted by Gasteiger charge is -2.37. The maximum Gasteiger partial charge on any atom is 0.310 e. The van der Waals surface area contributed by atoms with Crippen molar-refractivity contribution in [2.45, 2.75) is 25.8 Å². The minimum absolute atomic E-state index is 0.138. The van der Waals surface area contributed by atoms with Gasteiger partial charge in [-0.3, -0.25) is 4.79 Å². The molecule has 0 bridgehead atoms. The average molecular weight is 255 g/mol. The zero-order valence-corrected chi connectivity index (χ0v) is 9.88. The molecular weight excluding hydrogens is 240 g/mol. The first-order chi connectivity index (χ1) is 8.53. The Morgan fingerprint density at radius 3 is 2.67 bits per heavy atom. The van der Waals surface area contributed by atoms with Crippen LogP contribution in [0.3, 0.4) is 0 Å². The molecule has 1 fully saturated rings. The van der Waals surface area contributed by atoms with Gasteiger partial charge in [-0.25, -0.2) is 8.78 Å². The van der Waals surface area contributed by atoms with Gasteiger partial charge in [0.05, 0.1) is 5.41 Å². The van der Waals surface area contributed by atoms with Gasteiger partial charge in [-0.15, -0.1) is 0 Å². The number of hydrogen-bond acceptors (Lipinski definition) is 2. The van der Waals surface area contributed by atoms with E-state index in [1.54, 1.807) is 0 Å². The monoisotopic (exact) mass is 255 g/mol. The van der Waals surface area contributed by atoms with E-state index >= 15 is 0 Å². The molecule has 0 aliphatic heterocycles. The second-order valence-corrected chi connectivity index (χ2v) is 4.78. The Hall–Kier alpha value is -1.49. The molecule has 0 unspecified atom stereocenters. The van der Waals surface area contributed by atoms with E-state index in [4.69, 9.17) is 5.11 Å². The highest BCUT2D eigenvalue weighted by Gasteiger charge is 2.43. The fourth-order valence-electron chi connectivity index (χ4n) is 2.19. The van der Waals surface area contributed by atoms with E-state index < -0.39 is 23.0 Å². The van der Waals surface area contributed by atoms with Crippen LogP contribution in [-0.2, 0) is 11.3 Å². The molecule has 2 N–H and O–H groups in total. The van der Waals surface area contributed by atoms with Gasteiger partial charge in [0.1, 0.15) is 11.6 Å². The summed E-state index contributed by atoms with van der Waals surface area (Å²) < 4.78 is 26.2. The maximum absolute atomic E-state index is 13.3. The summed E-state index contributed by atoms with van der Waals surface area (Å²) in [6.07, 6.45) is 2.18. The second kappa shape index (κ2) is 5.02. The van der Waals surface area contributed by atoms with Crippen molar-refractivity contribution in [2.24, 2.45) is 5.41 Å². The van der Waals surface area contributed by atoms with Crippen LogP contribution in [0.2, 0.25) is 0 Å². The molecule has 1 saturated carbocycles. The summed E-state index contributed by atoms with van der Waals surface area (Å²) in [7, 11) is 0. The number of nitrogens with one attached hydrogen (secondary N) is 1. The Morgan fingerprint density at radius 2 is 2.11 bits per heavy atom. The third-order valence-corrected chi connectivity index (χ3v) is 3.55. The molecular formula is C13H15F2NO2. The predicted molar refractivity (Wildman–Crippen MR) is 62.0 cm³/mol. The summed E-state index contributed by atoms with van der Waals surface area (Å²) in [4.78, 5) is 11.1. The van der Waals surface area contributed by atoms with Gasteiger partial charge in [-0.1, -0.05) is 6.42 Å². The van der Waals surface area contributed by atoms with Gasteiger partial charge in [0.15, 0.2) is 0 Å². The molecule has 0 amide bonds. The van der Waals surface area contributed by atoms with Crippen LogP contribution in [0.5, 0.6) is 0 Å². The minimum atomic E-state index is -0.819. The van der Waals surface area contributed by atoms with Gasteiger partial charge in [0.25, 0.3) is 0 Å². The molecule has 5 heteroatoms. The third kappa shape index (κ3) is 2.51. The molecule has 18 heavy (non-hydrogen) atoms. The molecule has 1 aromatic carbocycles. The summed E-state index contributed by atoms with van der Waals surface area (Å²) in [5.41, 5.74) is -0.501. The lowest BCUT2D eigenvalue weighted by Crippen LogP contribution is -2.46. The van der Waals surface area contributed by atoms with Crippen molar-refractivity contribution in [3.8, 4) is 0 Å². The molecule has 98 valence electrons. The third-order valence-electron chi connectivity index (χ3n) is 3.55. The van der Waals surface area contributed by atoms with Crippen molar-refractivity contribution in [1.82, 2.24) is 5.32 Å². The number of carbonyl (C=O) groups is 1. The Bertz CT molecular complexity index is 458. The zero-order chi connectivity index (χ0) is 13.2. The summed E-state index contributed by atoms with van der Waals surface area (Å²) >= 11 is 0. The van der Waals surface area contributed by atoms with E-state index in [2.05, 4.69) is 5.32 Å². The minimum Gasteiger partial charge on any atom is -0.481 e. The van der Waals surface area contributed by atoms with E-state index in [1.165, 1.54) is 0 Å². The molecule has 0 saturated heterocycles. The van der Waals surface area contributed by atoms with Crippen molar-refractivity contribution in [3.63, 3.8) is 0 Å². The van der Waals surface area contributed by atoms with Crippen LogP contribution >= 0.6 is 0 Å². The van der Waals surface area contributed by atoms with Crippen molar-refractivity contribution in [3.05, 3.63) is 35.4 Å². The Kier molecular flexibility index (Phi) is 3.61. The Labute approximate surface area is 104 Å². The molecule has 1 aliphatic rings. The summed E-state index contributed by atoms with van der Waals surface area (Å²) in [5.74, 6) is -1.80. The van der Waals surface area contributed by atoms with Crippen LogP contribution in [0.4, 0.5) is 8.78 Å². The highest BCUT2D eigenvalue weighted by atomic mass is 19.1. The van der Waals surface area contributed by atoms with Crippen LogP contribution < -0.4 is 5.32 Å². The molecule has 3 nitrogen and oxygen atoms in total. The van der Waals surface area contributed by atoms with Crippen molar-refractivity contribution >= 4 is 5.97 Å². The number of rotatable bonds is 5. The van der Waals surface area contributed by atoms with Crippen LogP contribution in [-0.4, -0.2) is 17.6 Å². The number of carboxylic acids is 1. The largest absolute Gasteiger partial charge is 0.481 e. The number of carboxylic acid groups (broad SMARTS) is 1. The van der Waals surface area contributed by atoms with Gasteiger partial charge >= 0.3 is 5.97 Å². The number of halogens is 2. The van der Waals surface area contributed by atoms with Gasteiger partial charge in [0, 0.05) is 18.7 Å². The van der Waals surface area contributed by atoms with Crippen molar-refractivity contribution in [2.75, 3.05) is 6.54 Å². The summed E-state index contributed by atoms with van der Waals surface area (Å²) in [6.45, 7) is 0.427. The first-order valence-electron chi connectivity index (χ1n) is 5.92. The van der Waals surface area contributed by atoms with Gasteiger partial charge < -0.3 is 10.4 Å². The highest BCUT2D eigenvalue weighted by Crippen LogP contribution is 2.40. The maximum atomic E-state index is 13.3. The molecule has 0 heterocycles. The quantitative estimate of drug-likeness (QED) is 0.848. The highest BCUT2D eigenvalue weighted by molar-refractivity contribution is 5.76. The Morgan fingerprint density at radius 1 is 1.39 bits per heavy atom. The van der Waals surface area contributed by atoms with E-state index in [1.807, 2.05) is 0 Å². The lowest BCUT2D eigenvalue weighted by atomic mass is 9.69. The molecule has 1 aliphatic carbocycles. The van der Waals surface area contributed by atoms with Crippen LogP contribution in [0, 0.1) is 17.0 Å². The molecule has 0 aromatic heterocycles. The SMILES string of the molecule is O=C(O)C1(CNCc2cc(F)ccc2F)CCC1. The number of hydrogen-bond donors (Lipinski definition) is 2. The predicted octanol–water partition coefficient (Wildman–Crippen LogP) is 2.31. The number of benzene rings is 1. The number of aliphatic carboxylic acids is 1. The Balaban J connectivity index is 1.92. The van der Waals surface area contributed by atoms with Gasteiger partial charge in [-0.05, 0) is 31.0 Å². The van der Waals surface area contributed by atoms with E-state index in [9.17, 15) is 13.6 Å². The molecule has 1 aromatic rings. The van der Waals surface area contributed by atoms with Crippen LogP contribution in [0.25, 0.3) is 0 Å². The molecule has 2 rings (SSSR count). The van der Waals surface area contributed by atoms with Crippen molar-refractivity contribution < 1.29 is 18.7 Å². The van der Waals surface area contributed by atoms with Crippen LogP contribution in [0.15, 0.2) is 18.2 Å². The standard InChI is InChI=1S/C13H15F2NO2/c14-10-2-3-11(15)9(6-10)7-16-8-13(12(17)18)4-1-5-13/h2-3,6,16H,1,4-5,7-8H2,(H,17,18). The van der Waals surface area contributed by atoms with E-state index in [0.29, 0.717) is 12.8 Å². The fourth-order valence-corrected chi connectivity index (χ4v) is 2.19. The topological polar surface area (TPSA) is 49.3 Å². The first-order valence-corrected chi connectivity index (χ1v) is 5.92. The molecule has 0 radical (unpaired) electrons. The van der Waals surface area contributed by atoms with Gasteiger partial charge in [-0.2, -0.15) is 0 Å². The normalized spacial score (nSPS) is 17.2. The zero-order valence-electron chi connectivity index (χ0n) is 9.88. The fraction of sp³-hybridized carbons (Fsp3) is 0.462. The van der Waals surface area contributed by atoms with E-state index in [-0.39, 0.29) is 18.7 Å². The van der Waals surface area contributed by atoms with Crippen LogP contribution in [0.1, 0.15) is 24.8 Å². The van der Waals surface area contributed by atoms with E-state index in [0.717, 1.165) is 24.6 Å². The van der Waals surface area contributed by atoms with Gasteiger partial charge in [0.2, 0.25) is 0 Å². The summed E-state index contributed by atoms with van der Waals surface area (Å²) in [6, 6.07) is 3.25. The second-order valence-electron chi connectivity index (χ2n) is 4.78. The molecule has 0 spiro atoms. The summed E-state index contributed by atoms with van der Waals surface area (Å²) in [5, 5.41) is 12.0.